The van der Waals surface area contributed by atoms with Gasteiger partial charge < -0.3 is 29.2 Å². The quantitative estimate of drug-likeness (QED) is 0.541. The Bertz CT molecular complexity index is 1240. The van der Waals surface area contributed by atoms with Gasteiger partial charge in [0.25, 0.3) is 11.8 Å². The number of nitrogens with one attached hydrogen (secondary N) is 2. The van der Waals surface area contributed by atoms with Crippen LogP contribution in [0.5, 0.6) is 11.5 Å². The summed E-state index contributed by atoms with van der Waals surface area (Å²) in [6.07, 6.45) is 3.74. The molecule has 4 rings (SSSR count). The van der Waals surface area contributed by atoms with Crippen LogP contribution in [-0.4, -0.2) is 68.7 Å². The molecule has 1 aliphatic rings. The number of carbonyl (C=O) groups excluding carboxylic acids is 2. The molecule has 1 fully saturated rings. The van der Waals surface area contributed by atoms with E-state index >= 15 is 0 Å². The molecule has 34 heavy (non-hydrogen) atoms. The number of rotatable bonds is 6. The number of hydrogen-bond acceptors (Lipinski definition) is 4. The summed E-state index contributed by atoms with van der Waals surface area (Å²) in [4.78, 5) is 29.9. The third-order valence-electron chi connectivity index (χ3n) is 6.26. The first-order chi connectivity index (χ1) is 16.4. The summed E-state index contributed by atoms with van der Waals surface area (Å²) in [5.41, 5.74) is 2.54. The summed E-state index contributed by atoms with van der Waals surface area (Å²) < 4.78 is 12.6. The number of aromatic nitrogens is 1. The van der Waals surface area contributed by atoms with Crippen molar-refractivity contribution in [3.63, 3.8) is 0 Å². The van der Waals surface area contributed by atoms with E-state index in [1.807, 2.05) is 42.1 Å². The van der Waals surface area contributed by atoms with Crippen molar-refractivity contribution < 1.29 is 24.0 Å². The predicted molar refractivity (Wildman–Crippen MR) is 131 cm³/mol. The number of carbonyl (C=O) groups is 2. The second-order valence-corrected chi connectivity index (χ2v) is 8.54. The summed E-state index contributed by atoms with van der Waals surface area (Å²) in [5.74, 6) is 0.402. The van der Waals surface area contributed by atoms with E-state index in [0.717, 1.165) is 29.6 Å². The van der Waals surface area contributed by atoms with Crippen LogP contribution in [-0.2, 0) is 11.8 Å². The fourth-order valence-corrected chi connectivity index (χ4v) is 4.23. The third-order valence-corrected chi connectivity index (χ3v) is 6.26. The molecular weight excluding hydrogens is 432 g/mol. The van der Waals surface area contributed by atoms with Gasteiger partial charge in [-0.25, -0.2) is 0 Å². The van der Waals surface area contributed by atoms with Gasteiger partial charge >= 0.3 is 0 Å². The predicted octanol–water partition coefficient (Wildman–Crippen LogP) is 1.32. The monoisotopic (exact) mass is 463 g/mol. The van der Waals surface area contributed by atoms with E-state index in [0.29, 0.717) is 30.2 Å². The Hall–Kier alpha value is -3.78. The molecule has 2 amide bonds. The minimum absolute atomic E-state index is 0.186. The number of amides is 2. The summed E-state index contributed by atoms with van der Waals surface area (Å²) in [6, 6.07) is 12.9. The van der Waals surface area contributed by atoms with Gasteiger partial charge in [0.2, 0.25) is 0 Å². The minimum atomic E-state index is -0.388. The first kappa shape index (κ1) is 23.4. The lowest BCUT2D eigenvalue weighted by Gasteiger charge is -2.30. The lowest BCUT2D eigenvalue weighted by Crippen LogP contribution is -3.12. The van der Waals surface area contributed by atoms with Crippen molar-refractivity contribution in [3.05, 3.63) is 65.5 Å². The number of benzene rings is 2. The number of fused-ring (bicyclic) bond motifs is 1. The maximum atomic E-state index is 13.5. The molecule has 2 N–H and O–H groups in total. The molecule has 0 atom stereocenters. The van der Waals surface area contributed by atoms with Gasteiger partial charge in [0.05, 0.1) is 47.4 Å². The molecule has 0 radical (unpaired) electrons. The smallest absolute Gasteiger partial charge is 0.270 e. The average molecular weight is 464 g/mol. The maximum absolute atomic E-state index is 13.5. The zero-order valence-electron chi connectivity index (χ0n) is 20.1. The Kier molecular flexibility index (Phi) is 6.88. The van der Waals surface area contributed by atoms with Crippen LogP contribution < -0.4 is 19.7 Å². The summed E-state index contributed by atoms with van der Waals surface area (Å²) in [5, 5.41) is 3.88. The molecule has 8 heteroatoms. The van der Waals surface area contributed by atoms with Crippen LogP contribution in [0.25, 0.3) is 17.0 Å². The molecule has 1 aromatic heterocycles. The highest BCUT2D eigenvalue weighted by atomic mass is 16.5. The van der Waals surface area contributed by atoms with Crippen molar-refractivity contribution >= 4 is 28.8 Å². The van der Waals surface area contributed by atoms with E-state index in [2.05, 4.69) is 12.4 Å². The minimum Gasteiger partial charge on any atom is -0.493 e. The van der Waals surface area contributed by atoms with Crippen LogP contribution in [0.15, 0.2) is 54.4 Å². The molecule has 0 aliphatic carbocycles. The van der Waals surface area contributed by atoms with Crippen LogP contribution in [0.1, 0.15) is 15.9 Å². The number of aryl methyl sites for hydroxylation is 1. The fourth-order valence-electron chi connectivity index (χ4n) is 4.23. The van der Waals surface area contributed by atoms with Crippen molar-refractivity contribution in [1.29, 1.82) is 0 Å². The van der Waals surface area contributed by atoms with Crippen molar-refractivity contribution in [2.45, 2.75) is 0 Å². The lowest BCUT2D eigenvalue weighted by atomic mass is 10.1. The highest BCUT2D eigenvalue weighted by Gasteiger charge is 2.26. The van der Waals surface area contributed by atoms with Crippen molar-refractivity contribution in [2.24, 2.45) is 7.05 Å². The van der Waals surface area contributed by atoms with Gasteiger partial charge in [0.1, 0.15) is 5.70 Å². The molecule has 0 spiro atoms. The number of methoxy groups -OCH3 is 2. The number of nitrogens with zero attached hydrogens (tertiary/aromatic N) is 2. The average Bonchev–Trinajstić information content (AvgIpc) is 3.18. The molecule has 1 aliphatic heterocycles. The van der Waals surface area contributed by atoms with Crippen LogP contribution in [0.4, 0.5) is 0 Å². The number of para-hydroxylation sites is 1. The number of hydrogen-bond donors (Lipinski definition) is 2. The molecule has 178 valence electrons. The number of piperazine rings is 1. The Morgan fingerprint density at radius 1 is 1.03 bits per heavy atom. The van der Waals surface area contributed by atoms with Gasteiger partial charge in [-0.2, -0.15) is 0 Å². The third kappa shape index (κ3) is 4.77. The summed E-state index contributed by atoms with van der Waals surface area (Å²) in [7, 11) is 7.14. The topological polar surface area (TPSA) is 77.2 Å². The molecule has 2 aromatic carbocycles. The maximum Gasteiger partial charge on any atom is 0.270 e. The molecule has 0 saturated carbocycles. The van der Waals surface area contributed by atoms with E-state index in [1.54, 1.807) is 36.3 Å². The highest BCUT2D eigenvalue weighted by Crippen LogP contribution is 2.28. The van der Waals surface area contributed by atoms with Gasteiger partial charge in [-0.05, 0) is 30.3 Å². The Balaban J connectivity index is 1.70. The van der Waals surface area contributed by atoms with E-state index in [-0.39, 0.29) is 17.5 Å². The normalized spacial score (nSPS) is 14.8. The first-order valence-corrected chi connectivity index (χ1v) is 11.3. The van der Waals surface area contributed by atoms with Crippen LogP contribution in [0.2, 0.25) is 0 Å². The molecule has 8 nitrogen and oxygen atoms in total. The lowest BCUT2D eigenvalue weighted by molar-refractivity contribution is -0.883. The molecule has 3 aromatic rings. The second-order valence-electron chi connectivity index (χ2n) is 8.54. The molecular formula is C26H31N4O4+. The Morgan fingerprint density at radius 3 is 2.44 bits per heavy atom. The van der Waals surface area contributed by atoms with Crippen molar-refractivity contribution in [1.82, 2.24) is 14.8 Å². The number of ether oxygens (including phenoxy) is 2. The van der Waals surface area contributed by atoms with Gasteiger partial charge in [-0.15, -0.1) is 0 Å². The van der Waals surface area contributed by atoms with Gasteiger partial charge in [-0.1, -0.05) is 18.2 Å². The zero-order chi connectivity index (χ0) is 24.2. The second kappa shape index (κ2) is 10.0. The Labute approximate surface area is 199 Å². The molecule has 1 saturated heterocycles. The van der Waals surface area contributed by atoms with Crippen LogP contribution in [0.3, 0.4) is 0 Å². The summed E-state index contributed by atoms with van der Waals surface area (Å²) in [6.45, 7) is 3.03. The first-order valence-electron chi connectivity index (χ1n) is 11.3. The van der Waals surface area contributed by atoms with Gasteiger partial charge in [0.15, 0.2) is 11.5 Å². The SMILES string of the molecule is COc1ccc(C(=O)N/C(=C\c2cn(C)c3ccccc23)C(=O)N2CC[NH+](C)CC2)cc1OC. The standard InChI is InChI=1S/C26H30N4O4/c1-28-11-13-30(14-12-28)26(32)21(15-19-17-29(2)22-8-6-5-7-20(19)22)27-25(31)18-9-10-23(33-3)24(16-18)34-4/h5-10,15-17H,11-14H2,1-4H3,(H,27,31)/p+1/b21-15-. The highest BCUT2D eigenvalue weighted by molar-refractivity contribution is 6.06. The van der Waals surface area contributed by atoms with Gasteiger partial charge in [-0.3, -0.25) is 9.59 Å². The van der Waals surface area contributed by atoms with E-state index < -0.39 is 0 Å². The van der Waals surface area contributed by atoms with Crippen LogP contribution in [0, 0.1) is 0 Å². The molecule has 2 heterocycles. The number of quaternary nitrogens is 1. The number of likely N-dealkylation sites (N-methyl/N-ethyl adjacent to an activating group) is 1. The van der Waals surface area contributed by atoms with E-state index in [1.165, 1.54) is 12.0 Å². The Morgan fingerprint density at radius 2 is 1.74 bits per heavy atom. The zero-order valence-corrected chi connectivity index (χ0v) is 20.1. The van der Waals surface area contributed by atoms with E-state index in [4.69, 9.17) is 9.47 Å². The molecule has 0 unspecified atom stereocenters. The van der Waals surface area contributed by atoms with Crippen molar-refractivity contribution in [2.75, 3.05) is 47.4 Å². The summed E-state index contributed by atoms with van der Waals surface area (Å²) >= 11 is 0. The largest absolute Gasteiger partial charge is 0.493 e. The molecule has 0 bridgehead atoms. The van der Waals surface area contributed by atoms with Gasteiger partial charge in [0, 0.05) is 35.3 Å². The fraction of sp³-hybridized carbons (Fsp3) is 0.308. The van der Waals surface area contributed by atoms with Crippen LogP contribution >= 0.6 is 0 Å². The van der Waals surface area contributed by atoms with E-state index in [9.17, 15) is 9.59 Å². The van der Waals surface area contributed by atoms with Crippen molar-refractivity contribution in [3.8, 4) is 11.5 Å².